The first-order valence-corrected chi connectivity index (χ1v) is 7.51. The molecule has 0 atom stereocenters. The zero-order valence-corrected chi connectivity index (χ0v) is 11.7. The van der Waals surface area contributed by atoms with Crippen molar-refractivity contribution in [1.29, 1.82) is 0 Å². The van der Waals surface area contributed by atoms with E-state index in [0.29, 0.717) is 11.8 Å². The fraction of sp³-hybridized carbons (Fsp3) is 0.562. The molecule has 3 nitrogen and oxygen atoms in total. The highest BCUT2D eigenvalue weighted by molar-refractivity contribution is 5.77. The number of nitrogens with zero attached hydrogens (tertiary/aromatic N) is 2. The Morgan fingerprint density at radius 3 is 2.40 bits per heavy atom. The summed E-state index contributed by atoms with van der Waals surface area (Å²) in [4.78, 5) is 15.6. The standard InChI is InChI=1S/C16H21FN2O/c17-14-9-13(12-20)10-16(11-14)19-7-5-18(6-8-19)15-3-1-2-4-15/h9-12,15H,1-8H2. The molecule has 1 saturated heterocycles. The van der Waals surface area contributed by atoms with Crippen LogP contribution >= 0.6 is 0 Å². The molecule has 1 aliphatic heterocycles. The summed E-state index contributed by atoms with van der Waals surface area (Å²) in [5, 5.41) is 0. The smallest absolute Gasteiger partial charge is 0.150 e. The Balaban J connectivity index is 1.65. The van der Waals surface area contributed by atoms with Crippen LogP contribution in [0.3, 0.4) is 0 Å². The molecule has 108 valence electrons. The number of benzene rings is 1. The fourth-order valence-corrected chi connectivity index (χ4v) is 3.46. The molecule has 4 heteroatoms. The first-order valence-electron chi connectivity index (χ1n) is 7.51. The molecule has 2 aliphatic rings. The van der Waals surface area contributed by atoms with Crippen molar-refractivity contribution in [2.75, 3.05) is 31.1 Å². The molecule has 0 aromatic heterocycles. The Morgan fingerprint density at radius 1 is 1.05 bits per heavy atom. The molecule has 0 N–H and O–H groups in total. The highest BCUT2D eigenvalue weighted by Gasteiger charge is 2.26. The predicted molar refractivity (Wildman–Crippen MR) is 77.8 cm³/mol. The van der Waals surface area contributed by atoms with Gasteiger partial charge in [-0.2, -0.15) is 0 Å². The summed E-state index contributed by atoms with van der Waals surface area (Å²) in [5.41, 5.74) is 1.25. The van der Waals surface area contributed by atoms with Crippen LogP contribution in [-0.2, 0) is 0 Å². The van der Waals surface area contributed by atoms with Crippen LogP contribution in [0, 0.1) is 5.82 Å². The predicted octanol–water partition coefficient (Wildman–Crippen LogP) is 2.70. The minimum Gasteiger partial charge on any atom is -0.369 e. The maximum absolute atomic E-state index is 13.5. The van der Waals surface area contributed by atoms with Crippen molar-refractivity contribution >= 4 is 12.0 Å². The maximum atomic E-state index is 13.5. The first kappa shape index (κ1) is 13.6. The van der Waals surface area contributed by atoms with Gasteiger partial charge in [0, 0.05) is 43.5 Å². The van der Waals surface area contributed by atoms with E-state index in [2.05, 4.69) is 9.80 Å². The minimum atomic E-state index is -0.331. The van der Waals surface area contributed by atoms with Crippen molar-refractivity contribution in [2.45, 2.75) is 31.7 Å². The van der Waals surface area contributed by atoms with E-state index in [4.69, 9.17) is 0 Å². The summed E-state index contributed by atoms with van der Waals surface area (Å²) >= 11 is 0. The monoisotopic (exact) mass is 276 g/mol. The van der Waals surface area contributed by atoms with Gasteiger partial charge in [-0.1, -0.05) is 12.8 Å². The van der Waals surface area contributed by atoms with Gasteiger partial charge in [0.05, 0.1) is 0 Å². The van der Waals surface area contributed by atoms with Crippen molar-refractivity contribution in [3.63, 3.8) is 0 Å². The summed E-state index contributed by atoms with van der Waals surface area (Å²) in [6, 6.07) is 5.35. The molecule has 1 aromatic carbocycles. The zero-order chi connectivity index (χ0) is 13.9. The summed E-state index contributed by atoms with van der Waals surface area (Å²) < 4.78 is 13.5. The van der Waals surface area contributed by atoms with Crippen LogP contribution in [0.5, 0.6) is 0 Å². The van der Waals surface area contributed by atoms with E-state index in [1.54, 1.807) is 6.07 Å². The molecule has 1 aliphatic carbocycles. The topological polar surface area (TPSA) is 23.6 Å². The quantitative estimate of drug-likeness (QED) is 0.793. The van der Waals surface area contributed by atoms with E-state index >= 15 is 0 Å². The van der Waals surface area contributed by atoms with Gasteiger partial charge in [-0.15, -0.1) is 0 Å². The summed E-state index contributed by atoms with van der Waals surface area (Å²) in [5.74, 6) is -0.331. The number of carbonyl (C=O) groups is 1. The molecule has 1 aromatic rings. The van der Waals surface area contributed by atoms with Crippen LogP contribution in [0.4, 0.5) is 10.1 Å². The lowest BCUT2D eigenvalue weighted by atomic mass is 10.1. The van der Waals surface area contributed by atoms with Crippen LogP contribution in [0.15, 0.2) is 18.2 Å². The Morgan fingerprint density at radius 2 is 1.75 bits per heavy atom. The number of hydrogen-bond donors (Lipinski definition) is 0. The van der Waals surface area contributed by atoms with E-state index in [-0.39, 0.29) is 5.82 Å². The Kier molecular flexibility index (Phi) is 4.01. The van der Waals surface area contributed by atoms with Gasteiger partial charge in [0.1, 0.15) is 12.1 Å². The highest BCUT2D eigenvalue weighted by atomic mass is 19.1. The maximum Gasteiger partial charge on any atom is 0.150 e. The number of aldehydes is 1. The van der Waals surface area contributed by atoms with Crippen molar-refractivity contribution < 1.29 is 9.18 Å². The third-order valence-corrected chi connectivity index (χ3v) is 4.56. The Hall–Kier alpha value is -1.42. The Bertz CT molecular complexity index is 477. The zero-order valence-electron chi connectivity index (χ0n) is 11.7. The number of rotatable bonds is 3. The minimum absolute atomic E-state index is 0.331. The van der Waals surface area contributed by atoms with Gasteiger partial charge in [-0.25, -0.2) is 4.39 Å². The second kappa shape index (κ2) is 5.92. The highest BCUT2D eigenvalue weighted by Crippen LogP contribution is 2.26. The molecule has 0 spiro atoms. The number of halogens is 1. The van der Waals surface area contributed by atoms with E-state index in [0.717, 1.165) is 37.9 Å². The molecular formula is C16H21FN2O. The lowest BCUT2D eigenvalue weighted by Crippen LogP contribution is -2.49. The first-order chi connectivity index (χ1) is 9.76. The number of piperazine rings is 1. The van der Waals surface area contributed by atoms with Gasteiger partial charge in [0.2, 0.25) is 0 Å². The summed E-state index contributed by atoms with van der Waals surface area (Å²) in [6.45, 7) is 3.91. The lowest BCUT2D eigenvalue weighted by molar-refractivity contribution is 0.112. The van der Waals surface area contributed by atoms with Crippen LogP contribution in [0.25, 0.3) is 0 Å². The number of hydrogen-bond acceptors (Lipinski definition) is 3. The third-order valence-electron chi connectivity index (χ3n) is 4.56. The van der Waals surface area contributed by atoms with Gasteiger partial charge < -0.3 is 4.90 Å². The van der Waals surface area contributed by atoms with Gasteiger partial charge in [0.15, 0.2) is 0 Å². The van der Waals surface area contributed by atoms with Crippen LogP contribution in [0.1, 0.15) is 36.0 Å². The van der Waals surface area contributed by atoms with Crippen LogP contribution in [-0.4, -0.2) is 43.4 Å². The number of anilines is 1. The van der Waals surface area contributed by atoms with Crippen molar-refractivity contribution in [1.82, 2.24) is 4.90 Å². The molecular weight excluding hydrogens is 255 g/mol. The second-order valence-corrected chi connectivity index (χ2v) is 5.82. The van der Waals surface area contributed by atoms with Crippen molar-refractivity contribution in [3.8, 4) is 0 Å². The molecule has 0 radical (unpaired) electrons. The molecule has 3 rings (SSSR count). The summed E-state index contributed by atoms with van der Waals surface area (Å²) in [7, 11) is 0. The molecule has 0 amide bonds. The van der Waals surface area contributed by atoms with Crippen LogP contribution < -0.4 is 4.90 Å². The van der Waals surface area contributed by atoms with Gasteiger partial charge in [-0.05, 0) is 31.0 Å². The van der Waals surface area contributed by atoms with Crippen molar-refractivity contribution in [3.05, 3.63) is 29.6 Å². The SMILES string of the molecule is O=Cc1cc(F)cc(N2CCN(C3CCCC3)CC2)c1. The lowest BCUT2D eigenvalue weighted by Gasteiger charge is -2.39. The summed E-state index contributed by atoms with van der Waals surface area (Å²) in [6.07, 6.45) is 6.08. The van der Waals surface area contributed by atoms with E-state index in [1.165, 1.54) is 37.8 Å². The average molecular weight is 276 g/mol. The molecule has 2 fully saturated rings. The van der Waals surface area contributed by atoms with Crippen molar-refractivity contribution in [2.24, 2.45) is 0 Å². The molecule has 1 saturated carbocycles. The van der Waals surface area contributed by atoms with E-state index in [1.807, 2.05) is 0 Å². The van der Waals surface area contributed by atoms with Crippen LogP contribution in [0.2, 0.25) is 0 Å². The molecule has 1 heterocycles. The molecule has 20 heavy (non-hydrogen) atoms. The second-order valence-electron chi connectivity index (χ2n) is 5.82. The largest absolute Gasteiger partial charge is 0.369 e. The van der Waals surface area contributed by atoms with Gasteiger partial charge in [-0.3, -0.25) is 9.69 Å². The normalized spacial score (nSPS) is 21.4. The van der Waals surface area contributed by atoms with E-state index < -0.39 is 0 Å². The van der Waals surface area contributed by atoms with E-state index in [9.17, 15) is 9.18 Å². The third kappa shape index (κ3) is 2.85. The molecule has 0 bridgehead atoms. The van der Waals surface area contributed by atoms with Gasteiger partial charge in [0.25, 0.3) is 0 Å². The molecule has 0 unspecified atom stereocenters. The fourth-order valence-electron chi connectivity index (χ4n) is 3.46. The van der Waals surface area contributed by atoms with Gasteiger partial charge >= 0.3 is 0 Å². The average Bonchev–Trinajstić information content (AvgIpc) is 3.01. The number of carbonyl (C=O) groups excluding carboxylic acids is 1. The Labute approximate surface area is 119 Å².